The molecule has 1 aromatic carbocycles. The highest BCUT2D eigenvalue weighted by Gasteiger charge is 2.42. The van der Waals surface area contributed by atoms with E-state index in [1.165, 1.54) is 0 Å². The number of aliphatic carboxylic acids is 1. The molecule has 0 saturated carbocycles. The SMILES string of the molecule is CCN1CCC(C(=O)O)(c2cccc(OC)c2)CC1. The van der Waals surface area contributed by atoms with Gasteiger partial charge in [-0.2, -0.15) is 0 Å². The minimum absolute atomic E-state index is 0.656. The maximum Gasteiger partial charge on any atom is 0.314 e. The molecule has 1 N–H and O–H groups in total. The Kier molecular flexibility index (Phi) is 4.10. The summed E-state index contributed by atoms with van der Waals surface area (Å²) in [5, 5.41) is 9.71. The Morgan fingerprint density at radius 2 is 2.11 bits per heavy atom. The molecule has 0 unspecified atom stereocenters. The summed E-state index contributed by atoms with van der Waals surface area (Å²) in [4.78, 5) is 14.1. The van der Waals surface area contributed by atoms with E-state index in [1.54, 1.807) is 7.11 Å². The van der Waals surface area contributed by atoms with Gasteiger partial charge in [-0.15, -0.1) is 0 Å². The molecule has 1 aliphatic rings. The minimum atomic E-state index is -0.764. The number of nitrogens with zero attached hydrogens (tertiary/aromatic N) is 1. The van der Waals surface area contributed by atoms with Crippen LogP contribution in [-0.4, -0.2) is 42.7 Å². The van der Waals surface area contributed by atoms with Crippen LogP contribution in [0, 0.1) is 0 Å². The fraction of sp³-hybridized carbons (Fsp3) is 0.533. The zero-order chi connectivity index (χ0) is 13.9. The van der Waals surface area contributed by atoms with Crippen molar-refractivity contribution >= 4 is 5.97 Å². The zero-order valence-electron chi connectivity index (χ0n) is 11.6. The number of benzene rings is 1. The summed E-state index contributed by atoms with van der Waals surface area (Å²) in [5.41, 5.74) is 0.0929. The quantitative estimate of drug-likeness (QED) is 0.904. The second-order valence-electron chi connectivity index (χ2n) is 5.05. The van der Waals surface area contributed by atoms with Crippen molar-refractivity contribution in [2.24, 2.45) is 0 Å². The van der Waals surface area contributed by atoms with Crippen LogP contribution >= 0.6 is 0 Å². The molecule has 0 bridgehead atoms. The lowest BCUT2D eigenvalue weighted by molar-refractivity contribution is -0.146. The molecule has 1 saturated heterocycles. The van der Waals surface area contributed by atoms with Crippen LogP contribution in [0.5, 0.6) is 5.75 Å². The van der Waals surface area contributed by atoms with E-state index in [0.29, 0.717) is 12.8 Å². The fourth-order valence-electron chi connectivity index (χ4n) is 2.80. The third-order valence-electron chi connectivity index (χ3n) is 4.19. The number of hydrogen-bond donors (Lipinski definition) is 1. The Labute approximate surface area is 114 Å². The molecule has 1 aliphatic heterocycles. The first-order valence-electron chi connectivity index (χ1n) is 6.72. The summed E-state index contributed by atoms with van der Waals surface area (Å²) in [5.74, 6) is -0.00690. The molecular formula is C15H21NO3. The van der Waals surface area contributed by atoms with Crippen molar-refractivity contribution < 1.29 is 14.6 Å². The molecule has 4 heteroatoms. The molecule has 0 spiro atoms. The number of likely N-dealkylation sites (tertiary alicyclic amines) is 1. The van der Waals surface area contributed by atoms with Gasteiger partial charge < -0.3 is 14.7 Å². The van der Waals surface area contributed by atoms with Crippen molar-refractivity contribution in [2.75, 3.05) is 26.7 Å². The molecule has 0 radical (unpaired) electrons. The van der Waals surface area contributed by atoms with E-state index in [2.05, 4.69) is 11.8 Å². The average Bonchev–Trinajstić information content (AvgIpc) is 2.47. The summed E-state index contributed by atoms with van der Waals surface area (Å²) >= 11 is 0. The number of carboxylic acid groups (broad SMARTS) is 1. The van der Waals surface area contributed by atoms with E-state index in [-0.39, 0.29) is 0 Å². The molecule has 0 aliphatic carbocycles. The highest BCUT2D eigenvalue weighted by Crippen LogP contribution is 2.37. The molecule has 0 atom stereocenters. The number of ether oxygens (including phenoxy) is 1. The van der Waals surface area contributed by atoms with Crippen molar-refractivity contribution in [1.82, 2.24) is 4.90 Å². The number of carbonyl (C=O) groups is 1. The third-order valence-corrected chi connectivity index (χ3v) is 4.19. The molecule has 0 amide bonds. The van der Waals surface area contributed by atoms with Crippen LogP contribution in [0.1, 0.15) is 25.3 Å². The molecule has 1 fully saturated rings. The van der Waals surface area contributed by atoms with Gasteiger partial charge in [0.1, 0.15) is 5.75 Å². The average molecular weight is 263 g/mol. The first-order chi connectivity index (χ1) is 9.12. The van der Waals surface area contributed by atoms with Crippen molar-refractivity contribution in [3.05, 3.63) is 29.8 Å². The Bertz CT molecular complexity index is 450. The van der Waals surface area contributed by atoms with Crippen LogP contribution in [0.2, 0.25) is 0 Å². The highest BCUT2D eigenvalue weighted by molar-refractivity contribution is 5.81. The number of piperidine rings is 1. The van der Waals surface area contributed by atoms with E-state index in [0.717, 1.165) is 30.9 Å². The van der Waals surface area contributed by atoms with Crippen molar-refractivity contribution in [3.8, 4) is 5.75 Å². The van der Waals surface area contributed by atoms with Gasteiger partial charge in [-0.05, 0) is 50.2 Å². The van der Waals surface area contributed by atoms with E-state index in [4.69, 9.17) is 4.74 Å². The van der Waals surface area contributed by atoms with E-state index in [9.17, 15) is 9.90 Å². The number of carboxylic acids is 1. The second kappa shape index (κ2) is 5.61. The zero-order valence-corrected chi connectivity index (χ0v) is 11.6. The summed E-state index contributed by atoms with van der Waals surface area (Å²) < 4.78 is 5.21. The van der Waals surface area contributed by atoms with Crippen molar-refractivity contribution in [3.63, 3.8) is 0 Å². The third kappa shape index (κ3) is 2.59. The van der Waals surface area contributed by atoms with Crippen molar-refractivity contribution in [2.45, 2.75) is 25.2 Å². The molecule has 0 aromatic heterocycles. The van der Waals surface area contributed by atoms with Crippen LogP contribution in [0.15, 0.2) is 24.3 Å². The summed E-state index contributed by atoms with van der Waals surface area (Å²) in [6.45, 7) is 4.76. The monoisotopic (exact) mass is 263 g/mol. The first kappa shape index (κ1) is 13.9. The normalized spacial score (nSPS) is 19.1. The highest BCUT2D eigenvalue weighted by atomic mass is 16.5. The Hall–Kier alpha value is -1.55. The molecule has 2 rings (SSSR count). The largest absolute Gasteiger partial charge is 0.497 e. The van der Waals surface area contributed by atoms with Crippen LogP contribution in [0.25, 0.3) is 0 Å². The van der Waals surface area contributed by atoms with Gasteiger partial charge in [-0.25, -0.2) is 0 Å². The molecule has 19 heavy (non-hydrogen) atoms. The lowest BCUT2D eigenvalue weighted by Gasteiger charge is -2.38. The second-order valence-corrected chi connectivity index (χ2v) is 5.05. The first-order valence-corrected chi connectivity index (χ1v) is 6.72. The predicted molar refractivity (Wildman–Crippen MR) is 73.7 cm³/mol. The van der Waals surface area contributed by atoms with Gasteiger partial charge >= 0.3 is 5.97 Å². The molecule has 4 nitrogen and oxygen atoms in total. The summed E-state index contributed by atoms with van der Waals surface area (Å²) in [6, 6.07) is 7.47. The van der Waals surface area contributed by atoms with Crippen molar-refractivity contribution in [1.29, 1.82) is 0 Å². The lowest BCUT2D eigenvalue weighted by Crippen LogP contribution is -2.47. The van der Waals surface area contributed by atoms with Crippen LogP contribution < -0.4 is 4.74 Å². The Balaban J connectivity index is 2.32. The Morgan fingerprint density at radius 3 is 2.63 bits per heavy atom. The van der Waals surface area contributed by atoms with Gasteiger partial charge in [0.05, 0.1) is 12.5 Å². The molecule has 104 valence electrons. The van der Waals surface area contributed by atoms with Gasteiger partial charge in [0.25, 0.3) is 0 Å². The van der Waals surface area contributed by atoms with Crippen LogP contribution in [-0.2, 0) is 10.2 Å². The number of methoxy groups -OCH3 is 1. The van der Waals surface area contributed by atoms with E-state index in [1.807, 2.05) is 24.3 Å². The minimum Gasteiger partial charge on any atom is -0.497 e. The molecule has 1 aromatic rings. The van der Waals surface area contributed by atoms with E-state index < -0.39 is 11.4 Å². The van der Waals surface area contributed by atoms with Gasteiger partial charge in [0, 0.05) is 0 Å². The fourth-order valence-corrected chi connectivity index (χ4v) is 2.80. The van der Waals surface area contributed by atoms with Gasteiger partial charge in [-0.3, -0.25) is 4.79 Å². The standard InChI is InChI=1S/C15H21NO3/c1-3-16-9-7-15(8-10-16,14(17)18)12-5-4-6-13(11-12)19-2/h4-6,11H,3,7-10H2,1-2H3,(H,17,18). The summed E-state index contributed by atoms with van der Waals surface area (Å²) in [6.07, 6.45) is 1.31. The van der Waals surface area contributed by atoms with Crippen LogP contribution in [0.3, 0.4) is 0 Å². The van der Waals surface area contributed by atoms with Gasteiger partial charge in [0.15, 0.2) is 0 Å². The lowest BCUT2D eigenvalue weighted by atomic mass is 9.72. The summed E-state index contributed by atoms with van der Waals surface area (Å²) in [7, 11) is 1.60. The van der Waals surface area contributed by atoms with Gasteiger partial charge in [-0.1, -0.05) is 19.1 Å². The van der Waals surface area contributed by atoms with Crippen LogP contribution in [0.4, 0.5) is 0 Å². The van der Waals surface area contributed by atoms with E-state index >= 15 is 0 Å². The predicted octanol–water partition coefficient (Wildman–Crippen LogP) is 2.13. The Morgan fingerprint density at radius 1 is 1.42 bits per heavy atom. The molecular weight excluding hydrogens is 242 g/mol. The molecule has 1 heterocycles. The maximum absolute atomic E-state index is 11.8. The maximum atomic E-state index is 11.8. The smallest absolute Gasteiger partial charge is 0.314 e. The topological polar surface area (TPSA) is 49.8 Å². The number of rotatable bonds is 4. The van der Waals surface area contributed by atoms with Gasteiger partial charge in [0.2, 0.25) is 0 Å². The number of hydrogen-bond acceptors (Lipinski definition) is 3.